The second-order valence-corrected chi connectivity index (χ2v) is 9.71. The Bertz CT molecular complexity index is 1150. The average molecular weight is 365 g/mol. The van der Waals surface area contributed by atoms with E-state index in [1.165, 1.54) is 12.5 Å². The van der Waals surface area contributed by atoms with Crippen molar-refractivity contribution in [1.82, 2.24) is 4.98 Å². The number of aromatic nitrogens is 1. The van der Waals surface area contributed by atoms with Crippen LogP contribution in [0.15, 0.2) is 65.1 Å². The third-order valence-corrected chi connectivity index (χ3v) is 7.58. The van der Waals surface area contributed by atoms with Crippen molar-refractivity contribution in [3.8, 4) is 11.5 Å². The van der Waals surface area contributed by atoms with Gasteiger partial charge in [0.1, 0.15) is 5.52 Å². The van der Waals surface area contributed by atoms with Crippen molar-refractivity contribution >= 4 is 34.5 Å². The minimum Gasteiger partial charge on any atom is -0.436 e. The fraction of sp³-hybridized carbons (Fsp3) is 0.190. The summed E-state index contributed by atoms with van der Waals surface area (Å²) in [5.74, 6) is 0.555. The molecule has 0 amide bonds. The molecule has 0 spiro atoms. The third kappa shape index (κ3) is 2.76. The zero-order chi connectivity index (χ0) is 18.3. The van der Waals surface area contributed by atoms with Gasteiger partial charge in [0.2, 0.25) is 13.3 Å². The number of nitrogens with zero attached hydrogens (tertiary/aromatic N) is 1. The predicted octanol–water partition coefficient (Wildman–Crippen LogP) is 5.61. The summed E-state index contributed by atoms with van der Waals surface area (Å²) in [6.07, 6.45) is 0. The van der Waals surface area contributed by atoms with E-state index in [2.05, 4.69) is 29.2 Å². The molecule has 0 N–H and O–H groups in total. The smallest absolute Gasteiger partial charge is 0.234 e. The highest BCUT2D eigenvalue weighted by Crippen LogP contribution is 2.50. The molecular formula is C21H20NO3P. The van der Waals surface area contributed by atoms with Crippen LogP contribution in [-0.2, 0) is 9.09 Å². The minimum absolute atomic E-state index is 0.100. The first-order chi connectivity index (χ1) is 12.5. The Morgan fingerprint density at radius 1 is 1.00 bits per heavy atom. The molecule has 26 heavy (non-hydrogen) atoms. The van der Waals surface area contributed by atoms with Gasteiger partial charge in [-0.1, -0.05) is 44.2 Å². The van der Waals surface area contributed by atoms with Gasteiger partial charge in [-0.15, -0.1) is 0 Å². The quantitative estimate of drug-likeness (QED) is 0.441. The molecule has 132 valence electrons. The molecule has 0 bridgehead atoms. The van der Waals surface area contributed by atoms with Crippen molar-refractivity contribution < 1.29 is 13.5 Å². The summed E-state index contributed by atoms with van der Waals surface area (Å²) in [5, 5.41) is 2.98. The largest absolute Gasteiger partial charge is 0.436 e. The minimum atomic E-state index is -2.91. The fourth-order valence-corrected chi connectivity index (χ4v) is 4.98. The van der Waals surface area contributed by atoms with Crippen molar-refractivity contribution in [3.63, 3.8) is 0 Å². The van der Waals surface area contributed by atoms with Gasteiger partial charge >= 0.3 is 0 Å². The summed E-state index contributed by atoms with van der Waals surface area (Å²) in [6, 6.07) is 19.7. The SMILES string of the molecule is COP(=O)(c1ccc2oc(-c3ccc4ccccc4c3)nc2c1)C(C)C. The van der Waals surface area contributed by atoms with E-state index in [-0.39, 0.29) is 5.66 Å². The van der Waals surface area contributed by atoms with Crippen LogP contribution in [0, 0.1) is 0 Å². The molecule has 1 aromatic heterocycles. The number of hydrogen-bond acceptors (Lipinski definition) is 4. The maximum atomic E-state index is 13.1. The molecule has 1 unspecified atom stereocenters. The van der Waals surface area contributed by atoms with E-state index in [1.54, 1.807) is 0 Å². The van der Waals surface area contributed by atoms with Crippen LogP contribution in [0.1, 0.15) is 13.8 Å². The molecule has 0 fully saturated rings. The van der Waals surface area contributed by atoms with Gasteiger partial charge < -0.3 is 8.94 Å². The molecule has 4 nitrogen and oxygen atoms in total. The summed E-state index contributed by atoms with van der Waals surface area (Å²) in [5.41, 5.74) is 2.17. The monoisotopic (exact) mass is 365 g/mol. The van der Waals surface area contributed by atoms with E-state index in [4.69, 9.17) is 8.94 Å². The highest BCUT2D eigenvalue weighted by atomic mass is 31.2. The summed E-state index contributed by atoms with van der Waals surface area (Å²) < 4.78 is 24.4. The van der Waals surface area contributed by atoms with Gasteiger partial charge in [0.25, 0.3) is 0 Å². The summed E-state index contributed by atoms with van der Waals surface area (Å²) in [6.45, 7) is 3.80. The van der Waals surface area contributed by atoms with Gasteiger partial charge in [-0.05, 0) is 41.1 Å². The van der Waals surface area contributed by atoms with E-state index in [9.17, 15) is 4.57 Å². The Morgan fingerprint density at radius 2 is 1.77 bits per heavy atom. The van der Waals surface area contributed by atoms with Gasteiger partial charge in [0, 0.05) is 23.6 Å². The van der Waals surface area contributed by atoms with Crippen molar-refractivity contribution in [2.24, 2.45) is 0 Å². The second kappa shape index (κ2) is 6.39. The Hall–Kier alpha value is -2.42. The molecule has 0 aliphatic carbocycles. The molecular weight excluding hydrogens is 345 g/mol. The van der Waals surface area contributed by atoms with Crippen LogP contribution in [-0.4, -0.2) is 17.8 Å². The van der Waals surface area contributed by atoms with Gasteiger partial charge in [-0.25, -0.2) is 4.98 Å². The molecule has 1 heterocycles. The van der Waals surface area contributed by atoms with Crippen LogP contribution in [0.4, 0.5) is 0 Å². The highest BCUT2D eigenvalue weighted by molar-refractivity contribution is 7.67. The van der Waals surface area contributed by atoms with Gasteiger partial charge in [0.15, 0.2) is 5.58 Å². The summed E-state index contributed by atoms with van der Waals surface area (Å²) in [7, 11) is -1.41. The molecule has 0 radical (unpaired) electrons. The molecule has 0 saturated carbocycles. The zero-order valence-electron chi connectivity index (χ0n) is 15.0. The van der Waals surface area contributed by atoms with Gasteiger partial charge in [-0.2, -0.15) is 0 Å². The molecule has 3 aromatic carbocycles. The van der Waals surface area contributed by atoms with Gasteiger partial charge in [0.05, 0.1) is 0 Å². The van der Waals surface area contributed by atoms with Crippen molar-refractivity contribution in [2.75, 3.05) is 7.11 Å². The first-order valence-corrected chi connectivity index (χ1v) is 10.3. The number of benzene rings is 3. The lowest BCUT2D eigenvalue weighted by atomic mass is 10.1. The summed E-state index contributed by atoms with van der Waals surface area (Å²) >= 11 is 0. The number of fused-ring (bicyclic) bond motifs is 2. The van der Waals surface area contributed by atoms with Crippen LogP contribution in [0.25, 0.3) is 33.3 Å². The molecule has 4 aromatic rings. The van der Waals surface area contributed by atoms with E-state index < -0.39 is 7.37 Å². The second-order valence-electron chi connectivity index (χ2n) is 6.61. The molecule has 0 aliphatic rings. The molecule has 5 heteroatoms. The van der Waals surface area contributed by atoms with Crippen LogP contribution in [0.3, 0.4) is 0 Å². The van der Waals surface area contributed by atoms with Gasteiger partial charge in [-0.3, -0.25) is 4.57 Å². The standard InChI is InChI=1S/C21H20NO3P/c1-14(2)26(23,24-3)18-10-11-20-19(13-18)22-21(25-20)17-9-8-15-6-4-5-7-16(15)12-17/h4-14H,1-3H3. The van der Waals surface area contributed by atoms with Crippen LogP contribution in [0.5, 0.6) is 0 Å². The summed E-state index contributed by atoms with van der Waals surface area (Å²) in [4.78, 5) is 4.61. The lowest BCUT2D eigenvalue weighted by Crippen LogP contribution is -2.13. The topological polar surface area (TPSA) is 52.3 Å². The average Bonchev–Trinajstić information content (AvgIpc) is 3.10. The zero-order valence-corrected chi connectivity index (χ0v) is 15.9. The third-order valence-electron chi connectivity index (χ3n) is 4.68. The van der Waals surface area contributed by atoms with Crippen molar-refractivity contribution in [1.29, 1.82) is 0 Å². The Labute approximate surface area is 152 Å². The lowest BCUT2D eigenvalue weighted by molar-refractivity contribution is 0.396. The lowest BCUT2D eigenvalue weighted by Gasteiger charge is -2.19. The van der Waals surface area contributed by atoms with E-state index >= 15 is 0 Å². The maximum Gasteiger partial charge on any atom is 0.234 e. The normalized spacial score (nSPS) is 14.2. The van der Waals surface area contributed by atoms with Crippen molar-refractivity contribution in [3.05, 3.63) is 60.7 Å². The fourth-order valence-electron chi connectivity index (χ4n) is 3.17. The predicted molar refractivity (Wildman–Crippen MR) is 106 cm³/mol. The molecule has 0 aliphatic heterocycles. The van der Waals surface area contributed by atoms with Crippen LogP contribution >= 0.6 is 7.37 Å². The Kier molecular flexibility index (Phi) is 4.18. The van der Waals surface area contributed by atoms with Crippen LogP contribution in [0.2, 0.25) is 0 Å². The van der Waals surface area contributed by atoms with Crippen molar-refractivity contribution in [2.45, 2.75) is 19.5 Å². The number of hydrogen-bond donors (Lipinski definition) is 0. The maximum absolute atomic E-state index is 13.1. The number of rotatable bonds is 4. The molecule has 0 saturated heterocycles. The number of oxazole rings is 1. The van der Waals surface area contributed by atoms with Crippen LogP contribution < -0.4 is 5.30 Å². The first kappa shape index (κ1) is 17.0. The first-order valence-electron chi connectivity index (χ1n) is 8.57. The van der Waals surface area contributed by atoms with E-state index in [0.717, 1.165) is 10.9 Å². The van der Waals surface area contributed by atoms with E-state index in [1.807, 2.05) is 50.2 Å². The highest BCUT2D eigenvalue weighted by Gasteiger charge is 2.29. The Morgan fingerprint density at radius 3 is 2.50 bits per heavy atom. The van der Waals surface area contributed by atoms with E-state index in [0.29, 0.717) is 22.3 Å². The molecule has 1 atom stereocenters. The molecule has 4 rings (SSSR count). The Balaban J connectivity index is 1.81.